The van der Waals surface area contributed by atoms with Crippen molar-refractivity contribution in [2.45, 2.75) is 38.8 Å². The number of amides is 1. The first-order valence-electron chi connectivity index (χ1n) is 5.36. The SMILES string of the molecule is CCOC(C)C(=O)NC1CCCNC1. The van der Waals surface area contributed by atoms with E-state index in [-0.39, 0.29) is 18.1 Å². The summed E-state index contributed by atoms with van der Waals surface area (Å²) in [7, 11) is 0. The zero-order valence-electron chi connectivity index (χ0n) is 9.01. The van der Waals surface area contributed by atoms with E-state index in [1.807, 2.05) is 6.92 Å². The molecule has 0 bridgehead atoms. The van der Waals surface area contributed by atoms with E-state index in [1.165, 1.54) is 0 Å². The van der Waals surface area contributed by atoms with Gasteiger partial charge in [-0.15, -0.1) is 0 Å². The van der Waals surface area contributed by atoms with E-state index in [9.17, 15) is 4.79 Å². The monoisotopic (exact) mass is 200 g/mol. The van der Waals surface area contributed by atoms with Crippen LogP contribution < -0.4 is 10.6 Å². The third-order valence-corrected chi connectivity index (χ3v) is 2.43. The number of piperidine rings is 1. The largest absolute Gasteiger partial charge is 0.369 e. The second-order valence-electron chi connectivity index (χ2n) is 3.65. The van der Waals surface area contributed by atoms with Crippen molar-refractivity contribution in [3.8, 4) is 0 Å². The lowest BCUT2D eigenvalue weighted by atomic mass is 10.1. The van der Waals surface area contributed by atoms with Gasteiger partial charge in [-0.2, -0.15) is 0 Å². The molecule has 4 heteroatoms. The summed E-state index contributed by atoms with van der Waals surface area (Å²) >= 11 is 0. The van der Waals surface area contributed by atoms with Gasteiger partial charge in [-0.1, -0.05) is 0 Å². The van der Waals surface area contributed by atoms with Gasteiger partial charge >= 0.3 is 0 Å². The fourth-order valence-electron chi connectivity index (χ4n) is 1.62. The smallest absolute Gasteiger partial charge is 0.249 e. The molecule has 4 nitrogen and oxygen atoms in total. The highest BCUT2D eigenvalue weighted by molar-refractivity contribution is 5.80. The van der Waals surface area contributed by atoms with Gasteiger partial charge in [-0.25, -0.2) is 0 Å². The number of carbonyl (C=O) groups is 1. The summed E-state index contributed by atoms with van der Waals surface area (Å²) in [4.78, 5) is 11.5. The Balaban J connectivity index is 2.24. The lowest BCUT2D eigenvalue weighted by Gasteiger charge is -2.25. The molecule has 2 unspecified atom stereocenters. The molecule has 0 saturated carbocycles. The third-order valence-electron chi connectivity index (χ3n) is 2.43. The van der Waals surface area contributed by atoms with Crippen LogP contribution in [0.15, 0.2) is 0 Å². The molecule has 82 valence electrons. The predicted octanol–water partition coefficient (Wildman–Crippen LogP) is 0.280. The zero-order valence-corrected chi connectivity index (χ0v) is 9.01. The zero-order chi connectivity index (χ0) is 10.4. The summed E-state index contributed by atoms with van der Waals surface area (Å²) in [6.45, 7) is 6.20. The summed E-state index contributed by atoms with van der Waals surface area (Å²) in [5.41, 5.74) is 0. The molecular weight excluding hydrogens is 180 g/mol. The lowest BCUT2D eigenvalue weighted by molar-refractivity contribution is -0.132. The number of ether oxygens (including phenoxy) is 1. The van der Waals surface area contributed by atoms with Gasteiger partial charge in [0, 0.05) is 19.2 Å². The average Bonchev–Trinajstić information content (AvgIpc) is 2.19. The molecule has 1 amide bonds. The van der Waals surface area contributed by atoms with Gasteiger partial charge in [0.25, 0.3) is 0 Å². The predicted molar refractivity (Wildman–Crippen MR) is 55.1 cm³/mol. The highest BCUT2D eigenvalue weighted by Gasteiger charge is 2.18. The first-order chi connectivity index (χ1) is 6.74. The highest BCUT2D eigenvalue weighted by Crippen LogP contribution is 2.02. The van der Waals surface area contributed by atoms with Crippen molar-refractivity contribution >= 4 is 5.91 Å². The van der Waals surface area contributed by atoms with Crippen LogP contribution in [0.2, 0.25) is 0 Å². The Bertz CT molecular complexity index is 179. The molecule has 1 saturated heterocycles. The van der Waals surface area contributed by atoms with Gasteiger partial charge in [0.2, 0.25) is 5.91 Å². The number of hydrogen-bond donors (Lipinski definition) is 2. The van der Waals surface area contributed by atoms with Gasteiger partial charge in [0.1, 0.15) is 6.10 Å². The van der Waals surface area contributed by atoms with E-state index in [0.29, 0.717) is 6.61 Å². The topological polar surface area (TPSA) is 50.4 Å². The van der Waals surface area contributed by atoms with E-state index >= 15 is 0 Å². The second-order valence-corrected chi connectivity index (χ2v) is 3.65. The standard InChI is InChI=1S/C10H20N2O2/c1-3-14-8(2)10(13)12-9-5-4-6-11-7-9/h8-9,11H,3-7H2,1-2H3,(H,12,13). The first kappa shape index (κ1) is 11.5. The van der Waals surface area contributed by atoms with Crippen molar-refractivity contribution in [1.82, 2.24) is 10.6 Å². The minimum atomic E-state index is -0.332. The van der Waals surface area contributed by atoms with Crippen molar-refractivity contribution < 1.29 is 9.53 Å². The van der Waals surface area contributed by atoms with E-state index in [0.717, 1.165) is 25.9 Å². The molecule has 1 heterocycles. The molecule has 14 heavy (non-hydrogen) atoms. The summed E-state index contributed by atoms with van der Waals surface area (Å²) in [5, 5.41) is 6.23. The fraction of sp³-hybridized carbons (Fsp3) is 0.900. The van der Waals surface area contributed by atoms with Crippen molar-refractivity contribution in [2.24, 2.45) is 0 Å². The van der Waals surface area contributed by atoms with Crippen LogP contribution in [0, 0.1) is 0 Å². The minimum Gasteiger partial charge on any atom is -0.369 e. The Morgan fingerprint density at radius 1 is 1.71 bits per heavy atom. The van der Waals surface area contributed by atoms with Crippen LogP contribution in [0.25, 0.3) is 0 Å². The van der Waals surface area contributed by atoms with Crippen molar-refractivity contribution in [3.05, 3.63) is 0 Å². The molecule has 1 aliphatic heterocycles. The normalized spacial score (nSPS) is 24.3. The molecule has 1 rings (SSSR count). The first-order valence-corrected chi connectivity index (χ1v) is 5.36. The highest BCUT2D eigenvalue weighted by atomic mass is 16.5. The van der Waals surface area contributed by atoms with E-state index in [4.69, 9.17) is 4.74 Å². The Morgan fingerprint density at radius 3 is 3.07 bits per heavy atom. The van der Waals surface area contributed by atoms with Crippen LogP contribution in [0.1, 0.15) is 26.7 Å². The molecule has 1 fully saturated rings. The van der Waals surface area contributed by atoms with Gasteiger partial charge in [0.15, 0.2) is 0 Å². The lowest BCUT2D eigenvalue weighted by Crippen LogP contribution is -2.48. The molecule has 2 N–H and O–H groups in total. The molecular formula is C10H20N2O2. The number of nitrogens with one attached hydrogen (secondary N) is 2. The van der Waals surface area contributed by atoms with Crippen LogP contribution in [-0.4, -0.2) is 37.7 Å². The minimum absolute atomic E-state index is 0.000509. The molecule has 0 aromatic rings. The summed E-state index contributed by atoms with van der Waals surface area (Å²) in [5.74, 6) is 0.000509. The maximum Gasteiger partial charge on any atom is 0.249 e. The number of rotatable bonds is 4. The molecule has 0 radical (unpaired) electrons. The molecule has 0 aromatic heterocycles. The maximum absolute atomic E-state index is 11.5. The summed E-state index contributed by atoms with van der Waals surface area (Å²) in [6.07, 6.45) is 1.87. The van der Waals surface area contributed by atoms with E-state index in [2.05, 4.69) is 10.6 Å². The van der Waals surface area contributed by atoms with Crippen LogP contribution in [0.3, 0.4) is 0 Å². The molecule has 0 aliphatic carbocycles. The third kappa shape index (κ3) is 3.64. The number of carbonyl (C=O) groups excluding carboxylic acids is 1. The van der Waals surface area contributed by atoms with Crippen molar-refractivity contribution in [3.63, 3.8) is 0 Å². The van der Waals surface area contributed by atoms with E-state index in [1.54, 1.807) is 6.92 Å². The van der Waals surface area contributed by atoms with Crippen LogP contribution in [0.5, 0.6) is 0 Å². The van der Waals surface area contributed by atoms with Gasteiger partial charge in [-0.3, -0.25) is 4.79 Å². The molecule has 2 atom stereocenters. The van der Waals surface area contributed by atoms with Crippen LogP contribution >= 0.6 is 0 Å². The molecule has 1 aliphatic rings. The summed E-state index contributed by atoms with van der Waals surface area (Å²) < 4.78 is 5.21. The Hall–Kier alpha value is -0.610. The Kier molecular flexibility index (Phi) is 4.90. The van der Waals surface area contributed by atoms with Crippen molar-refractivity contribution in [1.29, 1.82) is 0 Å². The van der Waals surface area contributed by atoms with Crippen LogP contribution in [-0.2, 0) is 9.53 Å². The number of hydrogen-bond acceptors (Lipinski definition) is 3. The Labute approximate surface area is 85.4 Å². The van der Waals surface area contributed by atoms with Gasteiger partial charge in [0.05, 0.1) is 0 Å². The van der Waals surface area contributed by atoms with Gasteiger partial charge in [-0.05, 0) is 33.2 Å². The van der Waals surface area contributed by atoms with Crippen molar-refractivity contribution in [2.75, 3.05) is 19.7 Å². The average molecular weight is 200 g/mol. The second kappa shape index (κ2) is 5.98. The maximum atomic E-state index is 11.5. The summed E-state index contributed by atoms with van der Waals surface area (Å²) in [6, 6.07) is 0.277. The molecule has 0 aromatic carbocycles. The quantitative estimate of drug-likeness (QED) is 0.685. The molecule has 0 spiro atoms. The fourth-order valence-corrected chi connectivity index (χ4v) is 1.62. The van der Waals surface area contributed by atoms with Gasteiger partial charge < -0.3 is 15.4 Å². The van der Waals surface area contributed by atoms with E-state index < -0.39 is 0 Å². The Morgan fingerprint density at radius 2 is 2.50 bits per heavy atom. The van der Waals surface area contributed by atoms with Crippen LogP contribution in [0.4, 0.5) is 0 Å².